The maximum absolute atomic E-state index is 13.1. The SMILES string of the molecule is COCCOCCCOc1cc(F)cc(F)c1N. The Labute approximate surface area is 105 Å². The summed E-state index contributed by atoms with van der Waals surface area (Å²) in [6.45, 7) is 1.80. The molecule has 0 aliphatic carbocycles. The molecule has 6 heteroatoms. The van der Waals surface area contributed by atoms with Crippen molar-refractivity contribution in [2.24, 2.45) is 0 Å². The van der Waals surface area contributed by atoms with Gasteiger partial charge < -0.3 is 19.9 Å². The molecule has 0 aliphatic heterocycles. The minimum atomic E-state index is -0.818. The van der Waals surface area contributed by atoms with Gasteiger partial charge in [0, 0.05) is 32.3 Å². The van der Waals surface area contributed by atoms with Crippen molar-refractivity contribution >= 4 is 5.69 Å². The molecular formula is C12H17F2NO3. The number of ether oxygens (including phenoxy) is 3. The van der Waals surface area contributed by atoms with E-state index in [0.29, 0.717) is 26.2 Å². The van der Waals surface area contributed by atoms with Crippen molar-refractivity contribution in [3.8, 4) is 5.75 Å². The van der Waals surface area contributed by atoms with Gasteiger partial charge in [0.1, 0.15) is 17.3 Å². The molecule has 1 aromatic rings. The lowest BCUT2D eigenvalue weighted by Crippen LogP contribution is -2.08. The number of rotatable bonds is 8. The van der Waals surface area contributed by atoms with Crippen molar-refractivity contribution < 1.29 is 23.0 Å². The second-order valence-electron chi connectivity index (χ2n) is 3.61. The highest BCUT2D eigenvalue weighted by atomic mass is 19.1. The highest BCUT2D eigenvalue weighted by Gasteiger charge is 2.08. The van der Waals surface area contributed by atoms with Crippen molar-refractivity contribution in [1.29, 1.82) is 0 Å². The van der Waals surface area contributed by atoms with E-state index in [1.54, 1.807) is 7.11 Å². The van der Waals surface area contributed by atoms with E-state index in [2.05, 4.69) is 0 Å². The average Bonchev–Trinajstić information content (AvgIpc) is 2.33. The van der Waals surface area contributed by atoms with Crippen LogP contribution in [0.5, 0.6) is 5.75 Å². The maximum atomic E-state index is 13.1. The lowest BCUT2D eigenvalue weighted by atomic mass is 10.3. The van der Waals surface area contributed by atoms with Crippen molar-refractivity contribution in [2.75, 3.05) is 39.3 Å². The largest absolute Gasteiger partial charge is 0.491 e. The van der Waals surface area contributed by atoms with Crippen LogP contribution in [0.2, 0.25) is 0 Å². The molecule has 2 N–H and O–H groups in total. The topological polar surface area (TPSA) is 53.7 Å². The molecule has 0 fully saturated rings. The van der Waals surface area contributed by atoms with Crippen LogP contribution in [0, 0.1) is 11.6 Å². The first-order valence-corrected chi connectivity index (χ1v) is 5.59. The monoisotopic (exact) mass is 261 g/mol. The third kappa shape index (κ3) is 4.85. The van der Waals surface area contributed by atoms with Crippen molar-refractivity contribution in [2.45, 2.75) is 6.42 Å². The zero-order valence-corrected chi connectivity index (χ0v) is 10.2. The van der Waals surface area contributed by atoms with Crippen LogP contribution in [0.3, 0.4) is 0 Å². The Bertz CT molecular complexity index is 375. The standard InChI is InChI=1S/C12H17F2NO3/c1-16-5-6-17-3-2-4-18-11-8-9(13)7-10(14)12(11)15/h7-8H,2-6,15H2,1H3. The van der Waals surface area contributed by atoms with E-state index in [-0.39, 0.29) is 18.0 Å². The molecule has 1 aromatic carbocycles. The molecule has 0 heterocycles. The molecule has 0 bridgehead atoms. The van der Waals surface area contributed by atoms with Gasteiger partial charge in [-0.15, -0.1) is 0 Å². The van der Waals surface area contributed by atoms with Gasteiger partial charge in [-0.1, -0.05) is 0 Å². The molecule has 0 unspecified atom stereocenters. The quantitative estimate of drug-likeness (QED) is 0.574. The van der Waals surface area contributed by atoms with Crippen molar-refractivity contribution in [3.63, 3.8) is 0 Å². The molecule has 0 saturated heterocycles. The number of nitrogens with two attached hydrogens (primary N) is 1. The average molecular weight is 261 g/mol. The Morgan fingerprint density at radius 3 is 2.61 bits per heavy atom. The molecular weight excluding hydrogens is 244 g/mol. The summed E-state index contributed by atoms with van der Waals surface area (Å²) in [5.41, 5.74) is 5.23. The van der Waals surface area contributed by atoms with E-state index in [4.69, 9.17) is 19.9 Å². The van der Waals surface area contributed by atoms with Gasteiger partial charge >= 0.3 is 0 Å². The smallest absolute Gasteiger partial charge is 0.152 e. The molecule has 0 atom stereocenters. The summed E-state index contributed by atoms with van der Waals surface area (Å²) in [5.74, 6) is -1.52. The molecule has 102 valence electrons. The van der Waals surface area contributed by atoms with Crippen LogP contribution in [0.25, 0.3) is 0 Å². The Hall–Kier alpha value is -1.40. The Morgan fingerprint density at radius 2 is 1.89 bits per heavy atom. The zero-order valence-electron chi connectivity index (χ0n) is 10.2. The molecule has 0 aromatic heterocycles. The van der Waals surface area contributed by atoms with Gasteiger partial charge in [-0.05, 0) is 0 Å². The third-order valence-corrected chi connectivity index (χ3v) is 2.18. The predicted molar refractivity (Wildman–Crippen MR) is 63.6 cm³/mol. The molecule has 0 saturated carbocycles. The van der Waals surface area contributed by atoms with Gasteiger partial charge in [0.05, 0.1) is 19.8 Å². The molecule has 0 spiro atoms. The van der Waals surface area contributed by atoms with Gasteiger partial charge in [-0.3, -0.25) is 0 Å². The van der Waals surface area contributed by atoms with Crippen LogP contribution >= 0.6 is 0 Å². The van der Waals surface area contributed by atoms with Crippen LogP contribution in [0.15, 0.2) is 12.1 Å². The van der Waals surface area contributed by atoms with E-state index >= 15 is 0 Å². The minimum absolute atomic E-state index is 0.0180. The first-order chi connectivity index (χ1) is 8.65. The molecule has 1 rings (SSSR count). The summed E-state index contributed by atoms with van der Waals surface area (Å²) in [7, 11) is 1.59. The normalized spacial score (nSPS) is 10.6. The van der Waals surface area contributed by atoms with Gasteiger partial charge in [-0.25, -0.2) is 8.78 Å². The number of halogens is 2. The number of anilines is 1. The second-order valence-corrected chi connectivity index (χ2v) is 3.61. The predicted octanol–water partition coefficient (Wildman–Crippen LogP) is 1.98. The molecule has 4 nitrogen and oxygen atoms in total. The number of hydrogen-bond acceptors (Lipinski definition) is 4. The number of nitrogen functional groups attached to an aromatic ring is 1. The number of hydrogen-bond donors (Lipinski definition) is 1. The lowest BCUT2D eigenvalue weighted by molar-refractivity contribution is 0.0644. The fraction of sp³-hybridized carbons (Fsp3) is 0.500. The Kier molecular flexibility index (Phi) is 6.38. The van der Waals surface area contributed by atoms with Gasteiger partial charge in [0.15, 0.2) is 5.82 Å². The van der Waals surface area contributed by atoms with Crippen molar-refractivity contribution in [1.82, 2.24) is 0 Å². The summed E-state index contributed by atoms with van der Waals surface area (Å²) in [6, 6.07) is 1.78. The van der Waals surface area contributed by atoms with Crippen LogP contribution < -0.4 is 10.5 Å². The third-order valence-electron chi connectivity index (χ3n) is 2.18. The van der Waals surface area contributed by atoms with E-state index in [0.717, 1.165) is 12.1 Å². The zero-order chi connectivity index (χ0) is 13.4. The van der Waals surface area contributed by atoms with Crippen molar-refractivity contribution in [3.05, 3.63) is 23.8 Å². The van der Waals surface area contributed by atoms with Crippen LogP contribution in [-0.2, 0) is 9.47 Å². The molecule has 0 aliphatic rings. The van der Waals surface area contributed by atoms with E-state index < -0.39 is 11.6 Å². The highest BCUT2D eigenvalue weighted by molar-refractivity contribution is 5.53. The fourth-order valence-electron chi connectivity index (χ4n) is 1.27. The summed E-state index contributed by atoms with van der Waals surface area (Å²) < 4.78 is 41.2. The van der Waals surface area contributed by atoms with Crippen LogP contribution in [0.4, 0.5) is 14.5 Å². The Balaban J connectivity index is 2.27. The van der Waals surface area contributed by atoms with Gasteiger partial charge in [0.25, 0.3) is 0 Å². The summed E-state index contributed by atoms with van der Waals surface area (Å²) in [6.07, 6.45) is 0.598. The number of benzene rings is 1. The first kappa shape index (κ1) is 14.7. The van der Waals surface area contributed by atoms with Gasteiger partial charge in [-0.2, -0.15) is 0 Å². The summed E-state index contributed by atoms with van der Waals surface area (Å²) in [4.78, 5) is 0. The first-order valence-electron chi connectivity index (χ1n) is 5.59. The van der Waals surface area contributed by atoms with E-state index in [1.807, 2.05) is 0 Å². The van der Waals surface area contributed by atoms with E-state index in [9.17, 15) is 8.78 Å². The maximum Gasteiger partial charge on any atom is 0.152 e. The molecule has 0 amide bonds. The van der Waals surface area contributed by atoms with Crippen LogP contribution in [0.1, 0.15) is 6.42 Å². The molecule has 18 heavy (non-hydrogen) atoms. The summed E-state index contributed by atoms with van der Waals surface area (Å²) >= 11 is 0. The highest BCUT2D eigenvalue weighted by Crippen LogP contribution is 2.25. The Morgan fingerprint density at radius 1 is 1.11 bits per heavy atom. The van der Waals surface area contributed by atoms with Crippen LogP contribution in [-0.4, -0.2) is 33.5 Å². The lowest BCUT2D eigenvalue weighted by Gasteiger charge is -2.09. The van der Waals surface area contributed by atoms with E-state index in [1.165, 1.54) is 0 Å². The van der Waals surface area contributed by atoms with Gasteiger partial charge in [0.2, 0.25) is 0 Å². The fourth-order valence-corrected chi connectivity index (χ4v) is 1.27. The number of methoxy groups -OCH3 is 1. The second kappa shape index (κ2) is 7.84. The minimum Gasteiger partial charge on any atom is -0.491 e. The molecule has 0 radical (unpaired) electrons. The summed E-state index contributed by atoms with van der Waals surface area (Å²) in [5, 5.41) is 0.